The van der Waals surface area contributed by atoms with E-state index in [4.69, 9.17) is 4.74 Å². The van der Waals surface area contributed by atoms with E-state index in [1.807, 2.05) is 26.1 Å². The van der Waals surface area contributed by atoms with Crippen LogP contribution in [0.2, 0.25) is 0 Å². The predicted molar refractivity (Wildman–Crippen MR) is 119 cm³/mol. The first-order chi connectivity index (χ1) is 15.8. The number of carbonyl (C=O) groups is 2. The summed E-state index contributed by atoms with van der Waals surface area (Å²) in [7, 11) is 1.88. The second kappa shape index (κ2) is 8.02. The molecule has 5 rings (SSSR count). The summed E-state index contributed by atoms with van der Waals surface area (Å²) < 4.78 is 22.6. The normalized spacial score (nSPS) is 17.4. The number of fused-ring (bicyclic) bond motifs is 3. The largest absolute Gasteiger partial charge is 0.442 e. The van der Waals surface area contributed by atoms with Crippen molar-refractivity contribution < 1.29 is 18.7 Å². The Balaban J connectivity index is 1.49. The molecule has 1 saturated heterocycles. The number of halogens is 1. The highest BCUT2D eigenvalue weighted by atomic mass is 19.1. The molecule has 2 amide bonds. The number of cyclic esters (lactones) is 1. The first-order valence-corrected chi connectivity index (χ1v) is 11.0. The van der Waals surface area contributed by atoms with Crippen molar-refractivity contribution in [2.45, 2.75) is 39.2 Å². The summed E-state index contributed by atoms with van der Waals surface area (Å²) in [5.74, 6) is -0.630. The van der Waals surface area contributed by atoms with E-state index >= 15 is 4.39 Å². The zero-order valence-electron chi connectivity index (χ0n) is 18.7. The minimum absolute atomic E-state index is 0.199. The molecule has 3 aromatic rings. The first-order valence-electron chi connectivity index (χ1n) is 11.0. The lowest BCUT2D eigenvalue weighted by atomic mass is 9.99. The molecule has 0 radical (unpaired) electrons. The summed E-state index contributed by atoms with van der Waals surface area (Å²) in [6.07, 6.45) is 1.19. The van der Waals surface area contributed by atoms with Crippen molar-refractivity contribution >= 4 is 17.7 Å². The molecule has 0 spiro atoms. The molecule has 0 saturated carbocycles. The Morgan fingerprint density at radius 2 is 2.15 bits per heavy atom. The molecule has 172 valence electrons. The highest BCUT2D eigenvalue weighted by molar-refractivity contribution is 5.91. The standard InChI is InChI=1S/C23H25FN6O3/c1-12-7-19(28-29(12)3)21-17-6-4-5-14-8-15(9-18(24)20(14)22(17)27-26-21)30-11-16(33-23(30)32)10-25-13(2)31/h7-9,16H,4-6,10-11H2,1-3H3,(H,25,31)(H,26,27)/t16-/m0/s1. The van der Waals surface area contributed by atoms with E-state index < -0.39 is 18.0 Å². The zero-order chi connectivity index (χ0) is 23.3. The van der Waals surface area contributed by atoms with Crippen LogP contribution in [0.25, 0.3) is 22.6 Å². The van der Waals surface area contributed by atoms with Gasteiger partial charge in [0, 0.05) is 30.8 Å². The van der Waals surface area contributed by atoms with Gasteiger partial charge in [0.05, 0.1) is 30.2 Å². The molecule has 2 N–H and O–H groups in total. The number of benzene rings is 1. The average molecular weight is 452 g/mol. The maximum atomic E-state index is 15.5. The summed E-state index contributed by atoms with van der Waals surface area (Å²) in [6.45, 7) is 3.85. The quantitative estimate of drug-likeness (QED) is 0.633. The fraction of sp³-hybridized carbons (Fsp3) is 0.391. The van der Waals surface area contributed by atoms with Gasteiger partial charge < -0.3 is 10.1 Å². The Hall–Kier alpha value is -3.69. The minimum Gasteiger partial charge on any atom is -0.442 e. The number of aromatic nitrogens is 4. The predicted octanol–water partition coefficient (Wildman–Crippen LogP) is 2.87. The van der Waals surface area contributed by atoms with Crippen molar-refractivity contribution in [2.24, 2.45) is 7.05 Å². The van der Waals surface area contributed by atoms with Gasteiger partial charge in [0.25, 0.3) is 0 Å². The Bertz CT molecular complexity index is 1240. The number of aromatic amines is 1. The Labute approximate surface area is 189 Å². The summed E-state index contributed by atoms with van der Waals surface area (Å²) >= 11 is 0. The molecule has 1 aromatic carbocycles. The number of nitrogens with one attached hydrogen (secondary N) is 2. The van der Waals surface area contributed by atoms with Crippen molar-refractivity contribution in [3.8, 4) is 22.6 Å². The third-order valence-corrected chi connectivity index (χ3v) is 6.27. The molecule has 33 heavy (non-hydrogen) atoms. The molecule has 1 fully saturated rings. The number of aryl methyl sites for hydroxylation is 3. The fourth-order valence-corrected chi connectivity index (χ4v) is 4.53. The van der Waals surface area contributed by atoms with Crippen LogP contribution in [0.1, 0.15) is 30.2 Å². The summed E-state index contributed by atoms with van der Waals surface area (Å²) in [4.78, 5) is 25.0. The van der Waals surface area contributed by atoms with Crippen LogP contribution in [0.5, 0.6) is 0 Å². The summed E-state index contributed by atoms with van der Waals surface area (Å²) in [5.41, 5.74) is 5.88. The SMILES string of the molecule is CC(=O)NC[C@H]1CN(c2cc(F)c3c(c2)CCCc2c-3n[nH]c2-c2cc(C)n(C)n2)C(=O)O1. The number of hydrogen-bond donors (Lipinski definition) is 2. The highest BCUT2D eigenvalue weighted by Crippen LogP contribution is 2.39. The number of H-pyrrole nitrogens is 1. The van der Waals surface area contributed by atoms with E-state index in [9.17, 15) is 9.59 Å². The second-order valence-corrected chi connectivity index (χ2v) is 8.59. The molecule has 0 bridgehead atoms. The van der Waals surface area contributed by atoms with Crippen LogP contribution < -0.4 is 10.2 Å². The minimum atomic E-state index is -0.549. The fourth-order valence-electron chi connectivity index (χ4n) is 4.53. The van der Waals surface area contributed by atoms with E-state index in [2.05, 4.69) is 20.6 Å². The van der Waals surface area contributed by atoms with Crippen LogP contribution >= 0.6 is 0 Å². The molecule has 2 aliphatic rings. The molecule has 10 heteroatoms. The van der Waals surface area contributed by atoms with E-state index in [0.717, 1.165) is 41.1 Å². The Kier molecular flexibility index (Phi) is 5.15. The van der Waals surface area contributed by atoms with Gasteiger partial charge in [0.2, 0.25) is 5.91 Å². The molecule has 1 aliphatic heterocycles. The lowest BCUT2D eigenvalue weighted by Crippen LogP contribution is -2.33. The number of nitrogens with zero attached hydrogens (tertiary/aromatic N) is 4. The van der Waals surface area contributed by atoms with Crippen molar-refractivity contribution in [3.05, 3.63) is 40.8 Å². The maximum Gasteiger partial charge on any atom is 0.414 e. The molecule has 9 nitrogen and oxygen atoms in total. The molecule has 1 atom stereocenters. The lowest BCUT2D eigenvalue weighted by molar-refractivity contribution is -0.119. The third kappa shape index (κ3) is 3.75. The zero-order valence-corrected chi connectivity index (χ0v) is 18.7. The molecular formula is C23H25FN6O3. The van der Waals surface area contributed by atoms with Gasteiger partial charge in [-0.25, -0.2) is 9.18 Å². The van der Waals surface area contributed by atoms with Crippen molar-refractivity contribution in [1.82, 2.24) is 25.3 Å². The van der Waals surface area contributed by atoms with Gasteiger partial charge >= 0.3 is 6.09 Å². The molecule has 0 unspecified atom stereocenters. The number of ether oxygens (including phenoxy) is 1. The van der Waals surface area contributed by atoms with Crippen LogP contribution in [-0.4, -0.2) is 51.2 Å². The van der Waals surface area contributed by atoms with Gasteiger partial charge in [0.1, 0.15) is 17.6 Å². The maximum absolute atomic E-state index is 15.5. The highest BCUT2D eigenvalue weighted by Gasteiger charge is 2.34. The summed E-state index contributed by atoms with van der Waals surface area (Å²) in [5, 5.41) is 14.7. The molecule has 3 heterocycles. The van der Waals surface area contributed by atoms with Crippen LogP contribution in [0.15, 0.2) is 18.2 Å². The molecule has 2 aromatic heterocycles. The number of rotatable bonds is 4. The van der Waals surface area contributed by atoms with Crippen molar-refractivity contribution in [1.29, 1.82) is 0 Å². The van der Waals surface area contributed by atoms with Crippen LogP contribution in [0.3, 0.4) is 0 Å². The lowest BCUT2D eigenvalue weighted by Gasteiger charge is -2.17. The first kappa shape index (κ1) is 21.2. The van der Waals surface area contributed by atoms with Crippen LogP contribution in [0, 0.1) is 12.7 Å². The monoisotopic (exact) mass is 452 g/mol. The van der Waals surface area contributed by atoms with Crippen LogP contribution in [-0.2, 0) is 29.4 Å². The number of carbonyl (C=O) groups excluding carboxylic acids is 2. The Morgan fingerprint density at radius 3 is 2.88 bits per heavy atom. The topological polar surface area (TPSA) is 105 Å². The number of anilines is 1. The van der Waals surface area contributed by atoms with Gasteiger partial charge in [-0.3, -0.25) is 19.5 Å². The van der Waals surface area contributed by atoms with E-state index in [0.29, 0.717) is 23.4 Å². The third-order valence-electron chi connectivity index (χ3n) is 6.27. The van der Waals surface area contributed by atoms with E-state index in [1.165, 1.54) is 17.9 Å². The van der Waals surface area contributed by atoms with Crippen molar-refractivity contribution in [3.63, 3.8) is 0 Å². The van der Waals surface area contributed by atoms with Crippen LogP contribution in [0.4, 0.5) is 14.9 Å². The molecular weight excluding hydrogens is 427 g/mol. The second-order valence-electron chi connectivity index (χ2n) is 8.59. The van der Waals surface area contributed by atoms with Gasteiger partial charge in [-0.2, -0.15) is 10.2 Å². The van der Waals surface area contributed by atoms with E-state index in [-0.39, 0.29) is 19.0 Å². The van der Waals surface area contributed by atoms with Crippen molar-refractivity contribution in [2.75, 3.05) is 18.0 Å². The van der Waals surface area contributed by atoms with E-state index in [1.54, 1.807) is 4.68 Å². The number of amides is 2. The van der Waals surface area contributed by atoms with Gasteiger partial charge in [0.15, 0.2) is 0 Å². The van der Waals surface area contributed by atoms with Gasteiger partial charge in [-0.15, -0.1) is 0 Å². The summed E-state index contributed by atoms with van der Waals surface area (Å²) in [6, 6.07) is 5.18. The smallest absolute Gasteiger partial charge is 0.414 e. The number of hydrogen-bond acceptors (Lipinski definition) is 5. The molecule has 1 aliphatic carbocycles. The average Bonchev–Trinajstić information content (AvgIpc) is 3.40. The Morgan fingerprint density at radius 1 is 1.33 bits per heavy atom. The van der Waals surface area contributed by atoms with Gasteiger partial charge in [-0.1, -0.05) is 0 Å². The van der Waals surface area contributed by atoms with Gasteiger partial charge in [-0.05, 0) is 49.9 Å².